The van der Waals surface area contributed by atoms with Crippen molar-refractivity contribution in [1.82, 2.24) is 26.2 Å². The van der Waals surface area contributed by atoms with Crippen LogP contribution in [0.4, 0.5) is 0 Å². The Labute approximate surface area is 385 Å². The summed E-state index contributed by atoms with van der Waals surface area (Å²) in [6, 6.07) is 14.3. The molecule has 4 amide bonds. The van der Waals surface area contributed by atoms with Crippen LogP contribution in [0, 0.1) is 24.2 Å². The molecule has 63 heavy (non-hydrogen) atoms. The Morgan fingerprint density at radius 1 is 0.746 bits per heavy atom. The lowest BCUT2D eigenvalue weighted by Gasteiger charge is -2.32. The number of terminal acetylenes is 1. The number of hydrogen-bond donors (Lipinski definition) is 4. The fourth-order valence-corrected chi connectivity index (χ4v) is 7.45. The Bertz CT molecular complexity index is 1850. The predicted octanol–water partition coefficient (Wildman–Crippen LogP) is 3.49. The van der Waals surface area contributed by atoms with Crippen LogP contribution >= 0.6 is 22.6 Å². The molecule has 3 rings (SSSR count). The zero-order chi connectivity index (χ0) is 46.4. The van der Waals surface area contributed by atoms with Crippen molar-refractivity contribution in [2.45, 2.75) is 109 Å². The van der Waals surface area contributed by atoms with Crippen LogP contribution in [0.3, 0.4) is 0 Å². The van der Waals surface area contributed by atoms with Gasteiger partial charge in [-0.25, -0.2) is 0 Å². The fraction of sp³-hybridized carbons (Fsp3) is 0.553. The van der Waals surface area contributed by atoms with Crippen molar-refractivity contribution < 1.29 is 47.8 Å². The van der Waals surface area contributed by atoms with Crippen molar-refractivity contribution in [1.29, 1.82) is 0 Å². The molecule has 2 aromatic rings. The third-order valence-corrected chi connectivity index (χ3v) is 11.7. The number of esters is 2. The van der Waals surface area contributed by atoms with E-state index >= 15 is 0 Å². The van der Waals surface area contributed by atoms with Crippen LogP contribution in [-0.4, -0.2) is 120 Å². The number of ketones is 1. The summed E-state index contributed by atoms with van der Waals surface area (Å²) in [5.74, 6) is -2.16. The Morgan fingerprint density at radius 3 is 1.86 bits per heavy atom. The number of morpholine rings is 1. The summed E-state index contributed by atoms with van der Waals surface area (Å²) in [7, 11) is 0. The van der Waals surface area contributed by atoms with Crippen LogP contribution in [-0.2, 0) is 60.6 Å². The van der Waals surface area contributed by atoms with Crippen molar-refractivity contribution in [3.8, 4) is 12.3 Å². The molecule has 0 radical (unpaired) electrons. The van der Waals surface area contributed by atoms with E-state index in [4.69, 9.17) is 20.6 Å². The van der Waals surface area contributed by atoms with E-state index in [0.717, 1.165) is 11.1 Å². The maximum absolute atomic E-state index is 14.4. The molecule has 1 saturated heterocycles. The van der Waals surface area contributed by atoms with Gasteiger partial charge in [0.25, 0.3) is 0 Å². The number of hydrogen-bond acceptors (Lipinski definition) is 11. The third kappa shape index (κ3) is 19.2. The van der Waals surface area contributed by atoms with Crippen LogP contribution in [0.15, 0.2) is 60.7 Å². The van der Waals surface area contributed by atoms with Gasteiger partial charge >= 0.3 is 11.9 Å². The number of halogens is 1. The first-order chi connectivity index (χ1) is 30.0. The van der Waals surface area contributed by atoms with Crippen LogP contribution in [0.2, 0.25) is 0 Å². The smallest absolute Gasteiger partial charge is 0.307 e. The molecule has 5 unspecified atom stereocenters. The predicted molar refractivity (Wildman–Crippen MR) is 246 cm³/mol. The Balaban J connectivity index is 1.85. The lowest BCUT2D eigenvalue weighted by molar-refractivity contribution is -0.165. The zero-order valence-electron chi connectivity index (χ0n) is 37.1. The van der Waals surface area contributed by atoms with E-state index < -0.39 is 65.2 Å². The van der Waals surface area contributed by atoms with Crippen molar-refractivity contribution in [2.75, 3.05) is 43.9 Å². The summed E-state index contributed by atoms with van der Waals surface area (Å²) >= 11 is 1.93. The maximum atomic E-state index is 14.4. The van der Waals surface area contributed by atoms with E-state index in [1.165, 1.54) is 6.92 Å². The number of nitrogens with zero attached hydrogens (tertiary/aromatic N) is 1. The van der Waals surface area contributed by atoms with Gasteiger partial charge in [0, 0.05) is 23.9 Å². The van der Waals surface area contributed by atoms with Gasteiger partial charge < -0.3 is 35.5 Å². The SMILES string of the molecule is C#CCOC(=O)CCC(=O)OC(C)(CI)C(=O)C(CC(C)C)NC(=O)C(Cc1ccccc1)NC(=O)C(CC(C)C)NC(=O)C(CCc1ccccc1)NC(=O)CN1CCOCC1. The largest absolute Gasteiger partial charge is 0.452 e. The molecule has 5 atom stereocenters. The molecule has 15 nitrogen and oxygen atoms in total. The number of aryl methyl sites for hydroxylation is 1. The molecule has 344 valence electrons. The molecule has 1 aliphatic heterocycles. The van der Waals surface area contributed by atoms with Crippen LogP contribution in [0.25, 0.3) is 0 Å². The van der Waals surface area contributed by atoms with Crippen LogP contribution in [0.1, 0.15) is 77.8 Å². The molecule has 1 aliphatic rings. The lowest BCUT2D eigenvalue weighted by Crippen LogP contribution is -2.60. The Morgan fingerprint density at radius 2 is 1.27 bits per heavy atom. The number of alkyl halides is 1. The van der Waals surface area contributed by atoms with Crippen molar-refractivity contribution in [3.63, 3.8) is 0 Å². The first-order valence-electron chi connectivity index (χ1n) is 21.5. The fourth-order valence-electron chi connectivity index (χ4n) is 6.92. The van der Waals surface area contributed by atoms with Crippen molar-refractivity contribution in [2.24, 2.45) is 11.8 Å². The number of amides is 4. The molecule has 4 N–H and O–H groups in total. The van der Waals surface area contributed by atoms with Crippen LogP contribution in [0.5, 0.6) is 0 Å². The number of carbonyl (C=O) groups is 7. The first kappa shape index (κ1) is 52.5. The van der Waals surface area contributed by atoms with E-state index in [-0.39, 0.29) is 73.8 Å². The minimum Gasteiger partial charge on any atom is -0.452 e. The zero-order valence-corrected chi connectivity index (χ0v) is 39.3. The standard InChI is InChI=1S/C47H64IN5O10/c1-7-24-62-41(55)20-21-42(56)63-47(6,31-48)43(57)37(27-32(2)3)50-46(60)39(29-35-16-12-9-13-17-35)52-45(59)38(28-33(4)5)51-44(58)36(19-18-34-14-10-8-11-15-34)49-40(54)30-53-22-25-61-26-23-53/h1,8-17,32-33,36-39H,18-31H2,2-6H3,(H,49,54)(H,50,60)(H,51,58)(H,52,59). The van der Waals surface area contributed by atoms with Gasteiger partial charge in [0.1, 0.15) is 18.1 Å². The normalized spacial score (nSPS) is 15.7. The quantitative estimate of drug-likeness (QED) is 0.0466. The van der Waals surface area contributed by atoms with Crippen molar-refractivity contribution >= 4 is 63.9 Å². The Hall–Kier alpha value is -4.86. The molecule has 0 bridgehead atoms. The Kier molecular flexibility index (Phi) is 22.8. The molecular formula is C47H64IN5O10. The van der Waals surface area contributed by atoms with E-state index in [1.807, 2.05) is 104 Å². The highest BCUT2D eigenvalue weighted by Crippen LogP contribution is 2.23. The van der Waals surface area contributed by atoms with E-state index in [2.05, 4.69) is 27.2 Å². The van der Waals surface area contributed by atoms with Gasteiger partial charge in [-0.3, -0.25) is 38.5 Å². The molecule has 0 aliphatic carbocycles. The number of carbonyl (C=O) groups excluding carboxylic acids is 7. The molecule has 0 saturated carbocycles. The molecule has 16 heteroatoms. The molecule has 2 aromatic carbocycles. The molecule has 1 fully saturated rings. The topological polar surface area (TPSA) is 199 Å². The first-order valence-corrected chi connectivity index (χ1v) is 23.1. The summed E-state index contributed by atoms with van der Waals surface area (Å²) in [6.45, 7) is 11.1. The molecule has 1 heterocycles. The minimum absolute atomic E-state index is 0.0438. The van der Waals surface area contributed by atoms with Crippen molar-refractivity contribution in [3.05, 3.63) is 71.8 Å². The summed E-state index contributed by atoms with van der Waals surface area (Å²) in [5.41, 5.74) is 0.0332. The van der Waals surface area contributed by atoms with Gasteiger partial charge in [-0.1, -0.05) is 117 Å². The van der Waals surface area contributed by atoms with E-state index in [1.54, 1.807) is 12.1 Å². The lowest BCUT2D eigenvalue weighted by atomic mass is 9.90. The molecule has 0 aromatic heterocycles. The van der Waals surface area contributed by atoms with Gasteiger partial charge in [0.15, 0.2) is 18.0 Å². The number of benzene rings is 2. The second-order valence-corrected chi connectivity index (χ2v) is 17.5. The summed E-state index contributed by atoms with van der Waals surface area (Å²) in [4.78, 5) is 97.1. The van der Waals surface area contributed by atoms with E-state index in [0.29, 0.717) is 32.7 Å². The highest BCUT2D eigenvalue weighted by molar-refractivity contribution is 14.1. The highest BCUT2D eigenvalue weighted by Gasteiger charge is 2.42. The van der Waals surface area contributed by atoms with Gasteiger partial charge in [-0.15, -0.1) is 6.42 Å². The average molecular weight is 986 g/mol. The van der Waals surface area contributed by atoms with Gasteiger partial charge in [0.05, 0.1) is 38.6 Å². The third-order valence-electron chi connectivity index (χ3n) is 10.2. The second-order valence-electron chi connectivity index (χ2n) is 16.7. The number of ether oxygens (including phenoxy) is 3. The summed E-state index contributed by atoms with van der Waals surface area (Å²) in [6.07, 6.45) is 5.70. The number of nitrogens with one attached hydrogen (secondary N) is 4. The average Bonchev–Trinajstić information content (AvgIpc) is 3.25. The second kappa shape index (κ2) is 27.4. The number of rotatable bonds is 26. The summed E-state index contributed by atoms with van der Waals surface area (Å²) in [5, 5.41) is 11.5. The highest BCUT2D eigenvalue weighted by atomic mass is 127. The summed E-state index contributed by atoms with van der Waals surface area (Å²) < 4.78 is 15.9. The van der Waals surface area contributed by atoms with Gasteiger partial charge in [-0.2, -0.15) is 0 Å². The number of Topliss-reactive ketones (excluding diaryl/α,β-unsaturated/α-hetero) is 1. The van der Waals surface area contributed by atoms with E-state index in [9.17, 15) is 33.6 Å². The van der Waals surface area contributed by atoms with Crippen LogP contribution < -0.4 is 21.3 Å². The van der Waals surface area contributed by atoms with Gasteiger partial charge in [0.2, 0.25) is 23.6 Å². The van der Waals surface area contributed by atoms with Gasteiger partial charge in [-0.05, 0) is 55.6 Å². The molecule has 0 spiro atoms. The maximum Gasteiger partial charge on any atom is 0.307 e. The minimum atomic E-state index is -1.67. The monoisotopic (exact) mass is 985 g/mol. The molecular weight excluding hydrogens is 921 g/mol.